The number of aryl methyl sites for hydroxylation is 3. The number of nitrogens with one attached hydrogen (secondary N) is 2. The third kappa shape index (κ3) is 3.48. The van der Waals surface area contributed by atoms with Gasteiger partial charge in [0, 0.05) is 49.3 Å². The van der Waals surface area contributed by atoms with E-state index in [1.54, 1.807) is 0 Å². The zero-order chi connectivity index (χ0) is 18.9. The summed E-state index contributed by atoms with van der Waals surface area (Å²) >= 11 is 0. The van der Waals surface area contributed by atoms with Crippen molar-refractivity contribution in [2.24, 2.45) is 16.3 Å². The Kier molecular flexibility index (Phi) is 5.44. The van der Waals surface area contributed by atoms with E-state index < -0.39 is 0 Å². The van der Waals surface area contributed by atoms with Crippen LogP contribution in [0.2, 0.25) is 0 Å². The third-order valence-electron chi connectivity index (χ3n) is 6.82. The first-order valence-electron chi connectivity index (χ1n) is 10.8. The SMILES string of the molecule is CCNC(=NCCCn1nc(C)cc1C)NC1C2CCOC2C12CCCC2. The third-order valence-corrected chi connectivity index (χ3v) is 6.82. The molecule has 2 aliphatic carbocycles. The second-order valence-corrected chi connectivity index (χ2v) is 8.57. The molecule has 3 fully saturated rings. The van der Waals surface area contributed by atoms with Crippen LogP contribution in [0.5, 0.6) is 0 Å². The molecule has 6 nitrogen and oxygen atoms in total. The van der Waals surface area contributed by atoms with Crippen LogP contribution >= 0.6 is 0 Å². The zero-order valence-electron chi connectivity index (χ0n) is 17.1. The molecule has 3 unspecified atom stereocenters. The molecule has 1 aromatic rings. The van der Waals surface area contributed by atoms with Gasteiger partial charge in [-0.25, -0.2) is 0 Å². The lowest BCUT2D eigenvalue weighted by molar-refractivity contribution is -0.125. The largest absolute Gasteiger partial charge is 0.377 e. The van der Waals surface area contributed by atoms with Crippen LogP contribution in [0, 0.1) is 25.2 Å². The fraction of sp³-hybridized carbons (Fsp3) is 0.810. The molecule has 1 aliphatic heterocycles. The van der Waals surface area contributed by atoms with Crippen LogP contribution in [0.15, 0.2) is 11.1 Å². The minimum atomic E-state index is 0.362. The molecule has 0 bridgehead atoms. The van der Waals surface area contributed by atoms with E-state index in [9.17, 15) is 0 Å². The van der Waals surface area contributed by atoms with Crippen molar-refractivity contribution in [2.45, 2.75) is 78.0 Å². The van der Waals surface area contributed by atoms with Crippen molar-refractivity contribution >= 4 is 5.96 Å². The molecule has 150 valence electrons. The van der Waals surface area contributed by atoms with Crippen molar-refractivity contribution in [1.29, 1.82) is 0 Å². The predicted octanol–water partition coefficient (Wildman–Crippen LogP) is 2.79. The summed E-state index contributed by atoms with van der Waals surface area (Å²) in [6.45, 7) is 9.88. The Morgan fingerprint density at radius 1 is 1.37 bits per heavy atom. The molecule has 2 heterocycles. The lowest BCUT2D eigenvalue weighted by Gasteiger charge is -2.57. The summed E-state index contributed by atoms with van der Waals surface area (Å²) in [5.74, 6) is 1.65. The van der Waals surface area contributed by atoms with Crippen molar-refractivity contribution in [3.8, 4) is 0 Å². The van der Waals surface area contributed by atoms with Gasteiger partial charge in [0.15, 0.2) is 5.96 Å². The highest BCUT2D eigenvalue weighted by atomic mass is 16.5. The molecule has 0 radical (unpaired) electrons. The normalized spacial score (nSPS) is 29.0. The summed E-state index contributed by atoms with van der Waals surface area (Å²) in [5.41, 5.74) is 2.68. The molecule has 27 heavy (non-hydrogen) atoms. The number of hydrogen-bond donors (Lipinski definition) is 2. The van der Waals surface area contributed by atoms with Crippen LogP contribution in [0.4, 0.5) is 0 Å². The van der Waals surface area contributed by atoms with Gasteiger partial charge in [-0.15, -0.1) is 0 Å². The first-order chi connectivity index (χ1) is 13.1. The zero-order valence-corrected chi connectivity index (χ0v) is 17.1. The number of aromatic nitrogens is 2. The van der Waals surface area contributed by atoms with Gasteiger partial charge in [-0.3, -0.25) is 9.67 Å². The first kappa shape index (κ1) is 18.8. The minimum absolute atomic E-state index is 0.362. The Morgan fingerprint density at radius 2 is 2.19 bits per heavy atom. The Hall–Kier alpha value is -1.56. The monoisotopic (exact) mass is 373 g/mol. The van der Waals surface area contributed by atoms with Crippen molar-refractivity contribution in [1.82, 2.24) is 20.4 Å². The molecular formula is C21H35N5O. The van der Waals surface area contributed by atoms with Gasteiger partial charge in [-0.05, 0) is 52.5 Å². The van der Waals surface area contributed by atoms with E-state index in [1.807, 2.05) is 6.92 Å². The summed E-state index contributed by atoms with van der Waals surface area (Å²) in [7, 11) is 0. The Labute approximate surface area is 163 Å². The smallest absolute Gasteiger partial charge is 0.191 e. The number of hydrogen-bond acceptors (Lipinski definition) is 3. The molecule has 3 atom stereocenters. The number of rotatable bonds is 6. The topological polar surface area (TPSA) is 63.5 Å². The second kappa shape index (κ2) is 7.82. The molecule has 2 saturated carbocycles. The van der Waals surface area contributed by atoms with Crippen LogP contribution in [0.3, 0.4) is 0 Å². The van der Waals surface area contributed by atoms with Crippen LogP contribution in [-0.4, -0.2) is 47.6 Å². The Bertz CT molecular complexity index is 676. The second-order valence-electron chi connectivity index (χ2n) is 8.57. The molecule has 1 saturated heterocycles. The standard InChI is InChI=1S/C21H35N5O/c1-4-22-20(23-11-7-12-26-16(3)14-15(2)25-26)24-18-17-8-13-27-19(17)21(18)9-5-6-10-21/h14,17-19H,4-13H2,1-3H3,(H2,22,23,24). The highest BCUT2D eigenvalue weighted by Crippen LogP contribution is 2.60. The average Bonchev–Trinajstić information content (AvgIpc) is 3.36. The lowest BCUT2D eigenvalue weighted by atomic mass is 9.54. The van der Waals surface area contributed by atoms with Crippen LogP contribution < -0.4 is 10.6 Å². The number of ether oxygens (including phenoxy) is 1. The van der Waals surface area contributed by atoms with Crippen molar-refractivity contribution in [2.75, 3.05) is 19.7 Å². The number of fused-ring (bicyclic) bond motifs is 2. The van der Waals surface area contributed by atoms with E-state index >= 15 is 0 Å². The summed E-state index contributed by atoms with van der Waals surface area (Å²) in [6.07, 6.45) is 8.01. The molecule has 0 aromatic carbocycles. The average molecular weight is 374 g/mol. The highest BCUT2D eigenvalue weighted by Gasteiger charge is 2.65. The number of guanidine groups is 1. The molecule has 1 spiro atoms. The first-order valence-corrected chi connectivity index (χ1v) is 10.8. The number of aliphatic imine (C=N–C) groups is 1. The van der Waals surface area contributed by atoms with Crippen molar-refractivity contribution in [3.05, 3.63) is 17.5 Å². The lowest BCUT2D eigenvalue weighted by Crippen LogP contribution is -2.69. The van der Waals surface area contributed by atoms with Crippen molar-refractivity contribution < 1.29 is 4.74 Å². The quantitative estimate of drug-likeness (QED) is 0.457. The maximum atomic E-state index is 6.11. The van der Waals surface area contributed by atoms with Crippen LogP contribution in [0.25, 0.3) is 0 Å². The number of nitrogens with zero attached hydrogens (tertiary/aromatic N) is 3. The Morgan fingerprint density at radius 3 is 2.89 bits per heavy atom. The van der Waals surface area contributed by atoms with Gasteiger partial charge in [0.05, 0.1) is 11.8 Å². The molecule has 2 N–H and O–H groups in total. The molecule has 0 amide bonds. The molecule has 4 rings (SSSR count). The maximum Gasteiger partial charge on any atom is 0.191 e. The van der Waals surface area contributed by atoms with E-state index in [1.165, 1.54) is 37.8 Å². The summed E-state index contributed by atoms with van der Waals surface area (Å²) in [5, 5.41) is 11.8. The predicted molar refractivity (Wildman–Crippen MR) is 108 cm³/mol. The van der Waals surface area contributed by atoms with E-state index in [0.717, 1.165) is 44.3 Å². The van der Waals surface area contributed by atoms with E-state index in [-0.39, 0.29) is 0 Å². The van der Waals surface area contributed by atoms with E-state index in [0.29, 0.717) is 23.5 Å². The fourth-order valence-corrected chi connectivity index (χ4v) is 5.68. The van der Waals surface area contributed by atoms with Gasteiger partial charge in [-0.1, -0.05) is 12.8 Å². The van der Waals surface area contributed by atoms with Gasteiger partial charge < -0.3 is 15.4 Å². The summed E-state index contributed by atoms with van der Waals surface area (Å²) < 4.78 is 8.20. The van der Waals surface area contributed by atoms with Gasteiger partial charge in [0.2, 0.25) is 0 Å². The van der Waals surface area contributed by atoms with Crippen LogP contribution in [0.1, 0.15) is 56.8 Å². The van der Waals surface area contributed by atoms with E-state index in [2.05, 4.69) is 40.3 Å². The maximum absolute atomic E-state index is 6.11. The van der Waals surface area contributed by atoms with Gasteiger partial charge in [0.25, 0.3) is 0 Å². The van der Waals surface area contributed by atoms with E-state index in [4.69, 9.17) is 9.73 Å². The molecular weight excluding hydrogens is 338 g/mol. The van der Waals surface area contributed by atoms with Crippen molar-refractivity contribution in [3.63, 3.8) is 0 Å². The van der Waals surface area contributed by atoms with Gasteiger partial charge in [-0.2, -0.15) is 5.10 Å². The Balaban J connectivity index is 1.36. The van der Waals surface area contributed by atoms with Crippen LogP contribution in [-0.2, 0) is 11.3 Å². The molecule has 6 heteroatoms. The summed E-state index contributed by atoms with van der Waals surface area (Å²) in [4.78, 5) is 4.87. The molecule has 1 aromatic heterocycles. The van der Waals surface area contributed by atoms with Gasteiger partial charge >= 0.3 is 0 Å². The summed E-state index contributed by atoms with van der Waals surface area (Å²) in [6, 6.07) is 2.66. The van der Waals surface area contributed by atoms with Gasteiger partial charge in [0.1, 0.15) is 0 Å². The highest BCUT2D eigenvalue weighted by molar-refractivity contribution is 5.80. The minimum Gasteiger partial charge on any atom is -0.377 e. The fourth-order valence-electron chi connectivity index (χ4n) is 5.68. The molecule has 3 aliphatic rings.